The summed E-state index contributed by atoms with van der Waals surface area (Å²) in [5.74, 6) is 0.658. The number of hydrogen-bond donors (Lipinski definition) is 1. The lowest BCUT2D eigenvalue weighted by Gasteiger charge is -2.17. The first-order chi connectivity index (χ1) is 10.8. The van der Waals surface area contributed by atoms with Crippen LogP contribution in [0.25, 0.3) is 0 Å². The molecule has 0 aromatic heterocycles. The second-order valence-electron chi connectivity index (χ2n) is 5.27. The molecule has 6 heteroatoms. The molecule has 0 amide bonds. The minimum Gasteiger partial charge on any atom is -0.496 e. The van der Waals surface area contributed by atoms with Gasteiger partial charge in [0.15, 0.2) is 0 Å². The van der Waals surface area contributed by atoms with Crippen molar-refractivity contribution in [2.24, 2.45) is 0 Å². The van der Waals surface area contributed by atoms with Crippen molar-refractivity contribution < 1.29 is 13.2 Å². The van der Waals surface area contributed by atoms with Crippen molar-refractivity contribution >= 4 is 15.7 Å². The number of methoxy groups -OCH3 is 1. The SMILES string of the molecule is COc1cc(C)c(S(=O)(=O)Nc2cccc(C#N)c2)c(C)c1C. The van der Waals surface area contributed by atoms with Crippen LogP contribution in [-0.4, -0.2) is 15.5 Å². The van der Waals surface area contributed by atoms with Gasteiger partial charge in [0, 0.05) is 0 Å². The van der Waals surface area contributed by atoms with Gasteiger partial charge in [-0.25, -0.2) is 8.42 Å². The molecule has 0 spiro atoms. The number of hydrogen-bond acceptors (Lipinski definition) is 4. The maximum Gasteiger partial charge on any atom is 0.262 e. The molecule has 2 aromatic rings. The second kappa shape index (κ2) is 6.31. The third kappa shape index (κ3) is 3.30. The fourth-order valence-corrected chi connectivity index (χ4v) is 4.08. The lowest BCUT2D eigenvalue weighted by molar-refractivity contribution is 0.410. The van der Waals surface area contributed by atoms with E-state index in [-0.39, 0.29) is 4.90 Å². The number of aryl methyl sites for hydroxylation is 1. The Hall–Kier alpha value is -2.52. The first-order valence-electron chi connectivity index (χ1n) is 6.98. The van der Waals surface area contributed by atoms with Crippen molar-refractivity contribution in [3.05, 3.63) is 52.6 Å². The van der Waals surface area contributed by atoms with Crippen molar-refractivity contribution in [2.45, 2.75) is 25.7 Å². The molecule has 0 saturated heterocycles. The highest BCUT2D eigenvalue weighted by Gasteiger charge is 2.22. The summed E-state index contributed by atoms with van der Waals surface area (Å²) in [4.78, 5) is 0.234. The van der Waals surface area contributed by atoms with Crippen molar-refractivity contribution in [3.63, 3.8) is 0 Å². The van der Waals surface area contributed by atoms with Gasteiger partial charge in [0.2, 0.25) is 0 Å². The van der Waals surface area contributed by atoms with Crippen molar-refractivity contribution in [1.82, 2.24) is 0 Å². The van der Waals surface area contributed by atoms with E-state index in [1.165, 1.54) is 6.07 Å². The molecule has 2 rings (SSSR count). The summed E-state index contributed by atoms with van der Waals surface area (Å²) in [7, 11) is -2.21. The number of nitriles is 1. The van der Waals surface area contributed by atoms with Gasteiger partial charge in [0.1, 0.15) is 5.75 Å². The Bertz CT molecular complexity index is 897. The third-order valence-electron chi connectivity index (χ3n) is 3.71. The number of anilines is 1. The van der Waals surface area contributed by atoms with E-state index in [0.29, 0.717) is 28.1 Å². The molecule has 0 saturated carbocycles. The highest BCUT2D eigenvalue weighted by molar-refractivity contribution is 7.92. The zero-order valence-corrected chi connectivity index (χ0v) is 14.3. The number of nitrogens with zero attached hydrogens (tertiary/aromatic N) is 1. The standard InChI is InChI=1S/C17H18N2O3S/c1-11-8-16(22-4)12(2)13(3)17(11)23(20,21)19-15-7-5-6-14(9-15)10-18/h5-9,19H,1-4H3. The number of nitrogens with one attached hydrogen (secondary N) is 1. The van der Waals surface area contributed by atoms with Gasteiger partial charge in [0.05, 0.1) is 29.3 Å². The molecule has 1 N–H and O–H groups in total. The highest BCUT2D eigenvalue weighted by Crippen LogP contribution is 2.31. The molecule has 0 aliphatic heterocycles. The van der Waals surface area contributed by atoms with Gasteiger partial charge < -0.3 is 4.74 Å². The van der Waals surface area contributed by atoms with E-state index in [0.717, 1.165) is 5.56 Å². The van der Waals surface area contributed by atoms with Crippen molar-refractivity contribution in [3.8, 4) is 11.8 Å². The van der Waals surface area contributed by atoms with Gasteiger partial charge in [-0.2, -0.15) is 5.26 Å². The van der Waals surface area contributed by atoms with Crippen LogP contribution in [0.3, 0.4) is 0 Å². The van der Waals surface area contributed by atoms with E-state index in [2.05, 4.69) is 4.72 Å². The molecule has 0 unspecified atom stereocenters. The Morgan fingerprint density at radius 3 is 2.43 bits per heavy atom. The molecule has 23 heavy (non-hydrogen) atoms. The van der Waals surface area contributed by atoms with Crippen LogP contribution in [0.15, 0.2) is 35.2 Å². The summed E-state index contributed by atoms with van der Waals surface area (Å²) in [5, 5.41) is 8.92. The van der Waals surface area contributed by atoms with Crippen LogP contribution in [0, 0.1) is 32.1 Å². The van der Waals surface area contributed by atoms with E-state index >= 15 is 0 Å². The Morgan fingerprint density at radius 2 is 1.83 bits per heavy atom. The van der Waals surface area contributed by atoms with Crippen molar-refractivity contribution in [1.29, 1.82) is 5.26 Å². The van der Waals surface area contributed by atoms with Crippen LogP contribution < -0.4 is 9.46 Å². The summed E-state index contributed by atoms with van der Waals surface area (Å²) in [6.07, 6.45) is 0. The van der Waals surface area contributed by atoms with Crippen LogP contribution in [0.5, 0.6) is 5.75 Å². The monoisotopic (exact) mass is 330 g/mol. The average Bonchev–Trinajstić information content (AvgIpc) is 2.50. The average molecular weight is 330 g/mol. The predicted molar refractivity (Wildman–Crippen MR) is 89.2 cm³/mol. The molecule has 0 fully saturated rings. The lowest BCUT2D eigenvalue weighted by Crippen LogP contribution is -2.16. The first kappa shape index (κ1) is 16.8. The molecule has 0 aliphatic carbocycles. The van der Waals surface area contributed by atoms with E-state index in [9.17, 15) is 8.42 Å². The van der Waals surface area contributed by atoms with Crippen molar-refractivity contribution in [2.75, 3.05) is 11.8 Å². The Morgan fingerprint density at radius 1 is 1.13 bits per heavy atom. The molecule has 0 aliphatic rings. The Kier molecular flexibility index (Phi) is 4.62. The van der Waals surface area contributed by atoms with Crippen LogP contribution >= 0.6 is 0 Å². The van der Waals surface area contributed by atoms with E-state index < -0.39 is 10.0 Å². The summed E-state index contributed by atoms with van der Waals surface area (Å²) >= 11 is 0. The van der Waals surface area contributed by atoms with Gasteiger partial charge >= 0.3 is 0 Å². The minimum absolute atomic E-state index is 0.234. The summed E-state index contributed by atoms with van der Waals surface area (Å²) in [6, 6.07) is 10.1. The van der Waals surface area contributed by atoms with E-state index in [4.69, 9.17) is 10.00 Å². The number of sulfonamides is 1. The van der Waals surface area contributed by atoms with E-state index in [1.807, 2.05) is 13.0 Å². The molecule has 0 heterocycles. The normalized spacial score (nSPS) is 10.9. The molecular formula is C17H18N2O3S. The second-order valence-corrected chi connectivity index (χ2v) is 6.89. The third-order valence-corrected chi connectivity index (χ3v) is 5.38. The number of benzene rings is 2. The Labute approximate surface area is 136 Å². The van der Waals surface area contributed by atoms with Gasteiger partial charge in [-0.15, -0.1) is 0 Å². The molecular weight excluding hydrogens is 312 g/mol. The summed E-state index contributed by atoms with van der Waals surface area (Å²) in [6.45, 7) is 5.31. The van der Waals surface area contributed by atoms with Gasteiger partial charge in [0.25, 0.3) is 10.0 Å². The van der Waals surface area contributed by atoms with Crippen LogP contribution in [0.4, 0.5) is 5.69 Å². The molecule has 0 radical (unpaired) electrons. The summed E-state index contributed by atoms with van der Waals surface area (Å²) in [5.41, 5.74) is 2.78. The molecule has 0 atom stereocenters. The predicted octanol–water partition coefficient (Wildman–Crippen LogP) is 3.29. The fraction of sp³-hybridized carbons (Fsp3) is 0.235. The maximum atomic E-state index is 12.8. The highest BCUT2D eigenvalue weighted by atomic mass is 32.2. The fourth-order valence-electron chi connectivity index (χ4n) is 2.51. The lowest BCUT2D eigenvalue weighted by atomic mass is 10.1. The van der Waals surface area contributed by atoms with Crippen LogP contribution in [0.1, 0.15) is 22.3 Å². The molecule has 0 bridgehead atoms. The number of rotatable bonds is 4. The zero-order chi connectivity index (χ0) is 17.2. The van der Waals surface area contributed by atoms with Gasteiger partial charge in [-0.1, -0.05) is 6.07 Å². The molecule has 5 nitrogen and oxygen atoms in total. The smallest absolute Gasteiger partial charge is 0.262 e. The molecule has 2 aromatic carbocycles. The zero-order valence-electron chi connectivity index (χ0n) is 13.5. The quantitative estimate of drug-likeness (QED) is 0.933. The topological polar surface area (TPSA) is 79.2 Å². The first-order valence-corrected chi connectivity index (χ1v) is 8.46. The van der Waals surface area contributed by atoms with Gasteiger partial charge in [-0.3, -0.25) is 4.72 Å². The minimum atomic E-state index is -3.76. The van der Waals surface area contributed by atoms with Crippen LogP contribution in [-0.2, 0) is 10.0 Å². The Balaban J connectivity index is 2.52. The molecule has 120 valence electrons. The van der Waals surface area contributed by atoms with E-state index in [1.54, 1.807) is 45.2 Å². The largest absolute Gasteiger partial charge is 0.496 e. The van der Waals surface area contributed by atoms with Gasteiger partial charge in [-0.05, 0) is 61.7 Å². The van der Waals surface area contributed by atoms with Crippen LogP contribution in [0.2, 0.25) is 0 Å². The summed E-state index contributed by atoms with van der Waals surface area (Å²) < 4.78 is 33.3. The number of ether oxygens (including phenoxy) is 1. The maximum absolute atomic E-state index is 12.8.